The number of ether oxygens (including phenoxy) is 4. The average Bonchev–Trinajstić information content (AvgIpc) is 1.56. The van der Waals surface area contributed by atoms with Crippen LogP contribution >= 0.6 is 15.6 Å². The number of hydrogen-bond donors (Lipinski definition) is 3. The summed E-state index contributed by atoms with van der Waals surface area (Å²) in [7, 11) is -9.90. The second-order valence-corrected chi connectivity index (χ2v) is 30.0. The average molecular weight is 1350 g/mol. The van der Waals surface area contributed by atoms with Crippen LogP contribution in [-0.4, -0.2) is 96.7 Å². The first-order valence-corrected chi connectivity index (χ1v) is 41.0. The molecule has 0 aromatic heterocycles. The summed E-state index contributed by atoms with van der Waals surface area (Å²) in [6, 6.07) is 0. The standard InChI is InChI=1S/C73H142O17P2/c1-7-10-12-14-15-16-17-21-29-34-39-45-51-57-72(77)89-68(61-83-70(75)55-49-41-13-11-8-2)63-87-91(79,80)85-59-67(74)60-86-92(81,82)88-64-69(62-84-71(76)56-50-44-38-33-28-25-20-22-26-31-36-42-47-53-65(4)5)90-73(78)58-52-46-40-35-30-24-19-18-23-27-32-37-43-48-54-66(6)9-3/h65-69,74H,7-64H2,1-6H3,(H,79,80)(H,81,82)/t66?,67-,68+,69+/m0/s1. The first kappa shape index (κ1) is 90.1. The quantitative estimate of drug-likeness (QED) is 0.0222. The minimum absolute atomic E-state index is 0.107. The van der Waals surface area contributed by atoms with E-state index >= 15 is 0 Å². The van der Waals surface area contributed by atoms with E-state index in [1.165, 1.54) is 186 Å². The number of hydrogen-bond acceptors (Lipinski definition) is 15. The van der Waals surface area contributed by atoms with Crippen molar-refractivity contribution in [1.29, 1.82) is 0 Å². The third kappa shape index (κ3) is 65.4. The Bertz CT molecular complexity index is 1790. The third-order valence-electron chi connectivity index (χ3n) is 17.3. The molecule has 3 unspecified atom stereocenters. The van der Waals surface area contributed by atoms with Crippen molar-refractivity contribution in [3.8, 4) is 0 Å². The maximum absolute atomic E-state index is 13.0. The summed E-state index contributed by atoms with van der Waals surface area (Å²) in [6.45, 7) is 9.56. The molecule has 6 atom stereocenters. The van der Waals surface area contributed by atoms with Gasteiger partial charge in [-0.05, 0) is 37.5 Å². The van der Waals surface area contributed by atoms with Crippen molar-refractivity contribution in [2.24, 2.45) is 11.8 Å². The minimum atomic E-state index is -4.95. The van der Waals surface area contributed by atoms with E-state index in [2.05, 4.69) is 41.5 Å². The zero-order valence-electron chi connectivity index (χ0n) is 59.9. The van der Waals surface area contributed by atoms with Crippen LogP contribution in [0.3, 0.4) is 0 Å². The molecule has 19 heteroatoms. The number of unbranched alkanes of at least 4 members (excludes halogenated alkanes) is 41. The van der Waals surface area contributed by atoms with Gasteiger partial charge in [-0.1, -0.05) is 324 Å². The van der Waals surface area contributed by atoms with Gasteiger partial charge in [0.1, 0.15) is 19.3 Å². The largest absolute Gasteiger partial charge is 0.472 e. The Morgan fingerprint density at radius 2 is 0.554 bits per heavy atom. The van der Waals surface area contributed by atoms with Gasteiger partial charge in [-0.3, -0.25) is 37.3 Å². The van der Waals surface area contributed by atoms with Crippen LogP contribution in [0, 0.1) is 11.8 Å². The van der Waals surface area contributed by atoms with Crippen molar-refractivity contribution in [1.82, 2.24) is 0 Å². The van der Waals surface area contributed by atoms with Crippen molar-refractivity contribution in [2.75, 3.05) is 39.6 Å². The van der Waals surface area contributed by atoms with Crippen molar-refractivity contribution < 1.29 is 80.2 Å². The van der Waals surface area contributed by atoms with Crippen LogP contribution in [0.2, 0.25) is 0 Å². The molecule has 0 aliphatic carbocycles. The van der Waals surface area contributed by atoms with Crippen LogP contribution in [-0.2, 0) is 65.4 Å². The summed E-state index contributed by atoms with van der Waals surface area (Å²) in [5, 5.41) is 10.6. The molecule has 0 amide bonds. The number of phosphoric acid groups is 2. The van der Waals surface area contributed by atoms with E-state index < -0.39 is 97.5 Å². The van der Waals surface area contributed by atoms with Gasteiger partial charge in [0, 0.05) is 25.7 Å². The lowest BCUT2D eigenvalue weighted by molar-refractivity contribution is -0.161. The first-order valence-electron chi connectivity index (χ1n) is 38.0. The van der Waals surface area contributed by atoms with Crippen molar-refractivity contribution in [2.45, 2.75) is 394 Å². The highest BCUT2D eigenvalue weighted by atomic mass is 31.2. The lowest BCUT2D eigenvalue weighted by Crippen LogP contribution is -2.30. The van der Waals surface area contributed by atoms with Gasteiger partial charge in [0.15, 0.2) is 12.2 Å². The molecule has 92 heavy (non-hydrogen) atoms. The second kappa shape index (κ2) is 65.0. The number of esters is 4. The van der Waals surface area contributed by atoms with Crippen LogP contribution in [0.5, 0.6) is 0 Å². The summed E-state index contributed by atoms with van der Waals surface area (Å²) in [5.74, 6) is -0.492. The zero-order chi connectivity index (χ0) is 67.9. The molecule has 0 rings (SSSR count). The van der Waals surface area contributed by atoms with E-state index in [1.807, 2.05) is 0 Å². The Kier molecular flexibility index (Phi) is 63.7. The number of carbonyl (C=O) groups excluding carboxylic acids is 4. The van der Waals surface area contributed by atoms with Gasteiger partial charge < -0.3 is 33.8 Å². The topological polar surface area (TPSA) is 237 Å². The predicted molar refractivity (Wildman–Crippen MR) is 372 cm³/mol. The Morgan fingerprint density at radius 3 is 0.826 bits per heavy atom. The monoisotopic (exact) mass is 1350 g/mol. The van der Waals surface area contributed by atoms with E-state index in [0.717, 1.165) is 108 Å². The van der Waals surface area contributed by atoms with Crippen molar-refractivity contribution in [3.05, 3.63) is 0 Å². The number of rotatable bonds is 72. The highest BCUT2D eigenvalue weighted by Gasteiger charge is 2.30. The fraction of sp³-hybridized carbons (Fsp3) is 0.945. The van der Waals surface area contributed by atoms with Gasteiger partial charge in [0.05, 0.1) is 26.4 Å². The number of phosphoric ester groups is 2. The molecule has 0 spiro atoms. The van der Waals surface area contributed by atoms with Crippen molar-refractivity contribution in [3.63, 3.8) is 0 Å². The molecule has 0 aromatic rings. The summed E-state index contributed by atoms with van der Waals surface area (Å²) in [5.41, 5.74) is 0. The first-order chi connectivity index (χ1) is 44.4. The fourth-order valence-corrected chi connectivity index (χ4v) is 12.7. The molecule has 0 aliphatic heterocycles. The molecule has 17 nitrogen and oxygen atoms in total. The van der Waals surface area contributed by atoms with E-state index in [4.69, 9.17) is 37.0 Å². The summed E-state index contributed by atoms with van der Waals surface area (Å²) < 4.78 is 68.2. The lowest BCUT2D eigenvalue weighted by atomic mass is 9.99. The van der Waals surface area contributed by atoms with Gasteiger partial charge in [-0.25, -0.2) is 9.13 Å². The SMILES string of the molecule is CCCCCCCCCCCCCCCC(=O)O[C@H](COC(=O)CCCCCCC)COP(=O)(O)OC[C@H](O)COP(=O)(O)OC[C@@H](COC(=O)CCCCCCCCCCCCCCCC(C)C)OC(=O)CCCCCCCCCCCCCCCCC(C)CC. The predicted octanol–water partition coefficient (Wildman–Crippen LogP) is 21.2. The van der Waals surface area contributed by atoms with Gasteiger partial charge in [-0.15, -0.1) is 0 Å². The molecular formula is C73H142O17P2. The molecule has 0 aliphatic rings. The van der Waals surface area contributed by atoms with Crippen molar-refractivity contribution >= 4 is 39.5 Å². The molecule has 0 saturated carbocycles. The molecule has 0 fully saturated rings. The smallest absolute Gasteiger partial charge is 0.462 e. The van der Waals surface area contributed by atoms with Gasteiger partial charge in [0.25, 0.3) is 0 Å². The molecule has 0 bridgehead atoms. The summed E-state index contributed by atoms with van der Waals surface area (Å²) >= 11 is 0. The number of carbonyl (C=O) groups is 4. The number of aliphatic hydroxyl groups excluding tert-OH is 1. The maximum Gasteiger partial charge on any atom is 0.472 e. The Hall–Kier alpha value is -1.94. The number of aliphatic hydroxyl groups is 1. The maximum atomic E-state index is 13.0. The molecule has 3 N–H and O–H groups in total. The third-order valence-corrected chi connectivity index (χ3v) is 19.2. The minimum Gasteiger partial charge on any atom is -0.462 e. The van der Waals surface area contributed by atoms with Gasteiger partial charge in [-0.2, -0.15) is 0 Å². The van der Waals surface area contributed by atoms with Gasteiger partial charge >= 0.3 is 39.5 Å². The normalized spacial score (nSPS) is 14.4. The Balaban J connectivity index is 5.16. The van der Waals surface area contributed by atoms with Crippen LogP contribution in [0.15, 0.2) is 0 Å². The van der Waals surface area contributed by atoms with E-state index in [1.54, 1.807) is 0 Å². The van der Waals surface area contributed by atoms with Crippen LogP contribution < -0.4 is 0 Å². The zero-order valence-corrected chi connectivity index (χ0v) is 61.6. The highest BCUT2D eigenvalue weighted by Crippen LogP contribution is 2.45. The van der Waals surface area contributed by atoms with E-state index in [-0.39, 0.29) is 25.7 Å². The Morgan fingerprint density at radius 1 is 0.315 bits per heavy atom. The molecule has 0 aromatic carbocycles. The highest BCUT2D eigenvalue weighted by molar-refractivity contribution is 7.47. The molecular weight excluding hydrogens is 1210 g/mol. The molecule has 546 valence electrons. The summed E-state index contributed by atoms with van der Waals surface area (Å²) in [6.07, 6.45) is 51.6. The van der Waals surface area contributed by atoms with Crippen LogP contribution in [0.25, 0.3) is 0 Å². The van der Waals surface area contributed by atoms with Gasteiger partial charge in [0.2, 0.25) is 0 Å². The van der Waals surface area contributed by atoms with E-state index in [0.29, 0.717) is 25.7 Å². The molecule has 0 saturated heterocycles. The Labute approximate surface area is 562 Å². The van der Waals surface area contributed by atoms with Crippen LogP contribution in [0.1, 0.15) is 375 Å². The second-order valence-electron chi connectivity index (χ2n) is 27.1. The molecule has 0 heterocycles. The molecule has 0 radical (unpaired) electrons. The van der Waals surface area contributed by atoms with Crippen LogP contribution in [0.4, 0.5) is 0 Å². The lowest BCUT2D eigenvalue weighted by Gasteiger charge is -2.21. The van der Waals surface area contributed by atoms with E-state index in [9.17, 15) is 43.2 Å². The fourth-order valence-electron chi connectivity index (χ4n) is 11.1. The summed E-state index contributed by atoms with van der Waals surface area (Å²) in [4.78, 5) is 72.4.